The Labute approximate surface area is 95.7 Å². The Kier molecular flexibility index (Phi) is 4.85. The molecule has 1 aromatic rings. The van der Waals surface area contributed by atoms with Gasteiger partial charge in [0.1, 0.15) is 0 Å². The third-order valence-electron chi connectivity index (χ3n) is 2.83. The van der Waals surface area contributed by atoms with E-state index in [1.54, 1.807) is 0 Å². The Morgan fingerprint density at radius 3 is 2.73 bits per heavy atom. The number of unbranched alkanes of at least 4 members (excludes halogenated alkanes) is 1. The van der Waals surface area contributed by atoms with Crippen molar-refractivity contribution in [2.24, 2.45) is 0 Å². The van der Waals surface area contributed by atoms with Crippen molar-refractivity contribution >= 4 is 16.2 Å². The van der Waals surface area contributed by atoms with Gasteiger partial charge in [0.05, 0.1) is 5.69 Å². The van der Waals surface area contributed by atoms with Crippen LogP contribution in [-0.2, 0) is 10.9 Å². The largest absolute Gasteiger partial charge is 0.332 e. The lowest BCUT2D eigenvalue weighted by molar-refractivity contribution is 0.334. The maximum absolute atomic E-state index is 5.35. The van der Waals surface area contributed by atoms with Crippen LogP contribution in [0, 0.1) is 6.92 Å². The van der Waals surface area contributed by atoms with E-state index in [1.165, 1.54) is 36.1 Å². The SMILES string of the molecule is CCCCc1cccc(N(C)O[SiH3])c1C. The van der Waals surface area contributed by atoms with Crippen LogP contribution in [0.1, 0.15) is 30.9 Å². The standard InChI is InChI=1S/C12H21NOSi/c1-4-5-7-11-8-6-9-12(10(11)2)13(3)14-15/h6,8-9H,4-5,7H2,1-3,15H3. The Hall–Kier alpha value is -0.803. The molecule has 1 aromatic carbocycles. The summed E-state index contributed by atoms with van der Waals surface area (Å²) in [6.45, 7) is 4.41. The van der Waals surface area contributed by atoms with Crippen LogP contribution in [0.3, 0.4) is 0 Å². The third-order valence-corrected chi connectivity index (χ3v) is 3.38. The summed E-state index contributed by atoms with van der Waals surface area (Å²) in [4.78, 5) is 0. The highest BCUT2D eigenvalue weighted by Gasteiger charge is 2.06. The molecule has 0 aromatic heterocycles. The normalized spacial score (nSPS) is 10.6. The summed E-state index contributed by atoms with van der Waals surface area (Å²) in [7, 11) is 2.70. The minimum Gasteiger partial charge on any atom is -0.332 e. The molecule has 84 valence electrons. The first-order valence-corrected chi connectivity index (χ1v) is 6.38. The first-order chi connectivity index (χ1) is 7.20. The monoisotopic (exact) mass is 223 g/mol. The van der Waals surface area contributed by atoms with Gasteiger partial charge in [0.25, 0.3) is 0 Å². The lowest BCUT2D eigenvalue weighted by Gasteiger charge is -2.20. The molecule has 0 N–H and O–H groups in total. The summed E-state index contributed by atoms with van der Waals surface area (Å²) in [5.41, 5.74) is 3.99. The maximum Gasteiger partial charge on any atom is 0.183 e. The van der Waals surface area contributed by atoms with Crippen LogP contribution in [0.25, 0.3) is 0 Å². The molecule has 0 saturated heterocycles. The van der Waals surface area contributed by atoms with Gasteiger partial charge in [-0.25, -0.2) is 0 Å². The van der Waals surface area contributed by atoms with Gasteiger partial charge < -0.3 is 4.53 Å². The number of hydroxylamine groups is 1. The van der Waals surface area contributed by atoms with Crippen LogP contribution >= 0.6 is 0 Å². The topological polar surface area (TPSA) is 12.5 Å². The van der Waals surface area contributed by atoms with E-state index >= 15 is 0 Å². The molecule has 0 atom stereocenters. The van der Waals surface area contributed by atoms with Gasteiger partial charge in [-0.1, -0.05) is 25.5 Å². The minimum atomic E-state index is 0.732. The number of hydrogen-bond acceptors (Lipinski definition) is 2. The van der Waals surface area contributed by atoms with Gasteiger partial charge >= 0.3 is 0 Å². The molecule has 0 fully saturated rings. The van der Waals surface area contributed by atoms with E-state index in [4.69, 9.17) is 4.53 Å². The molecule has 0 saturated carbocycles. The van der Waals surface area contributed by atoms with Gasteiger partial charge in [-0.2, -0.15) is 0 Å². The fraction of sp³-hybridized carbons (Fsp3) is 0.500. The van der Waals surface area contributed by atoms with Crippen molar-refractivity contribution in [1.29, 1.82) is 0 Å². The number of hydrogen-bond donors (Lipinski definition) is 0. The average Bonchev–Trinajstić information content (AvgIpc) is 2.27. The summed E-state index contributed by atoms with van der Waals surface area (Å²) < 4.78 is 5.35. The Morgan fingerprint density at radius 2 is 2.13 bits per heavy atom. The zero-order chi connectivity index (χ0) is 11.3. The van der Waals surface area contributed by atoms with Crippen LogP contribution in [0.5, 0.6) is 0 Å². The number of benzene rings is 1. The molecular weight excluding hydrogens is 202 g/mol. The summed E-state index contributed by atoms with van der Waals surface area (Å²) >= 11 is 0. The second-order valence-corrected chi connectivity index (χ2v) is 4.21. The van der Waals surface area contributed by atoms with Crippen LogP contribution in [-0.4, -0.2) is 17.5 Å². The van der Waals surface area contributed by atoms with Crippen LogP contribution in [0.2, 0.25) is 0 Å². The first-order valence-electron chi connectivity index (χ1n) is 5.57. The molecule has 0 amide bonds. The van der Waals surface area contributed by atoms with Crippen molar-refractivity contribution in [3.63, 3.8) is 0 Å². The lowest BCUT2D eigenvalue weighted by atomic mass is 10.0. The molecule has 0 radical (unpaired) electrons. The molecule has 0 aliphatic heterocycles. The predicted octanol–water partition coefficient (Wildman–Crippen LogP) is 1.99. The van der Waals surface area contributed by atoms with Gasteiger partial charge in [-0.3, -0.25) is 5.06 Å². The maximum atomic E-state index is 5.35. The molecule has 1 rings (SSSR count). The van der Waals surface area contributed by atoms with Crippen molar-refractivity contribution in [3.8, 4) is 0 Å². The summed E-state index contributed by atoms with van der Waals surface area (Å²) in [5, 5.41) is 1.87. The molecule has 0 aliphatic carbocycles. The van der Waals surface area contributed by atoms with E-state index in [1.807, 2.05) is 12.1 Å². The van der Waals surface area contributed by atoms with Crippen LogP contribution in [0.15, 0.2) is 18.2 Å². The molecule has 0 spiro atoms. The van der Waals surface area contributed by atoms with Crippen LogP contribution in [0.4, 0.5) is 5.69 Å². The van der Waals surface area contributed by atoms with Gasteiger partial charge in [-0.15, -0.1) is 0 Å². The van der Waals surface area contributed by atoms with Gasteiger partial charge in [0, 0.05) is 7.05 Å². The van der Waals surface area contributed by atoms with Crippen molar-refractivity contribution in [2.45, 2.75) is 33.1 Å². The second kappa shape index (κ2) is 5.93. The molecule has 0 unspecified atom stereocenters. The molecule has 0 bridgehead atoms. The minimum absolute atomic E-state index is 0.732. The van der Waals surface area contributed by atoms with Crippen molar-refractivity contribution in [1.82, 2.24) is 0 Å². The molecule has 2 nitrogen and oxygen atoms in total. The average molecular weight is 223 g/mol. The number of anilines is 1. The zero-order valence-corrected chi connectivity index (χ0v) is 12.2. The van der Waals surface area contributed by atoms with E-state index in [-0.39, 0.29) is 0 Å². The highest BCUT2D eigenvalue weighted by Crippen LogP contribution is 2.23. The molecular formula is C12H21NOSi. The lowest BCUT2D eigenvalue weighted by Crippen LogP contribution is -2.17. The predicted molar refractivity (Wildman–Crippen MR) is 69.2 cm³/mol. The Bertz CT molecular complexity index is 314. The highest BCUT2D eigenvalue weighted by molar-refractivity contribution is 5.98. The fourth-order valence-corrected chi connectivity index (χ4v) is 1.94. The fourth-order valence-electron chi connectivity index (χ4n) is 1.75. The molecule has 3 heteroatoms. The zero-order valence-electron chi connectivity index (χ0n) is 10.2. The number of rotatable bonds is 5. The quantitative estimate of drug-likeness (QED) is 0.559. The smallest absolute Gasteiger partial charge is 0.183 e. The van der Waals surface area contributed by atoms with Gasteiger partial charge in [0.15, 0.2) is 10.5 Å². The van der Waals surface area contributed by atoms with Gasteiger partial charge in [-0.05, 0) is 37.0 Å². The van der Waals surface area contributed by atoms with Crippen molar-refractivity contribution in [2.75, 3.05) is 12.1 Å². The molecule has 0 aliphatic rings. The van der Waals surface area contributed by atoms with Crippen LogP contribution < -0.4 is 5.06 Å². The molecule has 15 heavy (non-hydrogen) atoms. The van der Waals surface area contributed by atoms with Crippen molar-refractivity contribution < 1.29 is 4.53 Å². The van der Waals surface area contributed by atoms with Crippen molar-refractivity contribution in [3.05, 3.63) is 29.3 Å². The third kappa shape index (κ3) is 3.07. The van der Waals surface area contributed by atoms with E-state index in [9.17, 15) is 0 Å². The van der Waals surface area contributed by atoms with E-state index in [0.717, 1.165) is 10.5 Å². The Morgan fingerprint density at radius 1 is 1.40 bits per heavy atom. The van der Waals surface area contributed by atoms with Gasteiger partial charge in [0.2, 0.25) is 0 Å². The number of aryl methyl sites for hydroxylation is 1. The Balaban J connectivity index is 2.90. The summed E-state index contributed by atoms with van der Waals surface area (Å²) in [5.74, 6) is 0. The molecule has 0 heterocycles. The van der Waals surface area contributed by atoms with E-state index in [2.05, 4.69) is 32.0 Å². The summed E-state index contributed by atoms with van der Waals surface area (Å²) in [6.07, 6.45) is 3.68. The second-order valence-electron chi connectivity index (χ2n) is 3.84. The van der Waals surface area contributed by atoms with E-state index in [0.29, 0.717) is 0 Å². The highest BCUT2D eigenvalue weighted by atomic mass is 28.2. The number of nitrogens with zero attached hydrogens (tertiary/aromatic N) is 1. The summed E-state index contributed by atoms with van der Waals surface area (Å²) in [6, 6.07) is 6.45. The first kappa shape index (κ1) is 12.3. The van der Waals surface area contributed by atoms with E-state index < -0.39 is 0 Å².